The van der Waals surface area contributed by atoms with Crippen molar-refractivity contribution >= 4 is 12.4 Å². The van der Waals surface area contributed by atoms with Gasteiger partial charge in [0.15, 0.2) is 5.82 Å². The molecule has 1 aromatic heterocycles. The lowest BCUT2D eigenvalue weighted by Gasteiger charge is -2.35. The summed E-state index contributed by atoms with van der Waals surface area (Å²) in [6.45, 7) is 6.00. The van der Waals surface area contributed by atoms with E-state index in [1.165, 1.54) is 64.7 Å². The summed E-state index contributed by atoms with van der Waals surface area (Å²) in [6.07, 6.45) is 7.60. The number of nitrogens with zero attached hydrogens (tertiary/aromatic N) is 3. The Balaban J connectivity index is 0.00000144. The Labute approximate surface area is 138 Å². The second-order valence-corrected chi connectivity index (χ2v) is 7.06. The fourth-order valence-electron chi connectivity index (χ4n) is 3.77. The molecule has 1 aliphatic carbocycles. The average molecular weight is 327 g/mol. The maximum atomic E-state index is 5.44. The summed E-state index contributed by atoms with van der Waals surface area (Å²) in [4.78, 5) is 7.30. The molecule has 0 spiro atoms. The molecule has 1 unspecified atom stereocenters. The van der Waals surface area contributed by atoms with Crippen LogP contribution in [-0.2, 0) is 0 Å². The van der Waals surface area contributed by atoms with Gasteiger partial charge in [-0.05, 0) is 64.1 Å². The molecule has 1 saturated carbocycles. The van der Waals surface area contributed by atoms with Gasteiger partial charge in [0.2, 0.25) is 5.89 Å². The topological polar surface area (TPSA) is 54.2 Å². The van der Waals surface area contributed by atoms with Crippen LogP contribution in [0.25, 0.3) is 0 Å². The Bertz CT molecular complexity index is 470. The molecule has 2 saturated heterocycles. The van der Waals surface area contributed by atoms with E-state index in [1.807, 2.05) is 0 Å². The van der Waals surface area contributed by atoms with E-state index in [-0.39, 0.29) is 12.4 Å². The number of piperidine rings is 2. The van der Waals surface area contributed by atoms with Crippen LogP contribution in [0.4, 0.5) is 0 Å². The van der Waals surface area contributed by atoms with Gasteiger partial charge in [-0.1, -0.05) is 5.16 Å². The van der Waals surface area contributed by atoms with Crippen LogP contribution in [0.1, 0.15) is 62.1 Å². The molecule has 0 bridgehead atoms. The van der Waals surface area contributed by atoms with Gasteiger partial charge in [-0.3, -0.25) is 0 Å². The van der Waals surface area contributed by atoms with Gasteiger partial charge in [0.25, 0.3) is 0 Å². The first-order valence-corrected chi connectivity index (χ1v) is 8.65. The first-order valence-electron chi connectivity index (χ1n) is 8.65. The SMILES string of the molecule is C1CC(c2noc(C3CC3)n2)CN(CC2CCNCC2)C1.Cl. The number of rotatable bonds is 4. The smallest absolute Gasteiger partial charge is 0.229 e. The van der Waals surface area contributed by atoms with Crippen LogP contribution in [-0.4, -0.2) is 47.8 Å². The van der Waals surface area contributed by atoms with Crippen LogP contribution in [0.3, 0.4) is 0 Å². The quantitative estimate of drug-likeness (QED) is 0.921. The van der Waals surface area contributed by atoms with Gasteiger partial charge >= 0.3 is 0 Å². The highest BCUT2D eigenvalue weighted by atomic mass is 35.5. The van der Waals surface area contributed by atoms with Gasteiger partial charge in [0.1, 0.15) is 0 Å². The molecule has 1 aromatic rings. The Morgan fingerprint density at radius 2 is 1.91 bits per heavy atom. The van der Waals surface area contributed by atoms with Crippen LogP contribution in [0.5, 0.6) is 0 Å². The summed E-state index contributed by atoms with van der Waals surface area (Å²) < 4.78 is 5.44. The predicted octanol–water partition coefficient (Wildman–Crippen LogP) is 2.55. The molecule has 6 heteroatoms. The zero-order chi connectivity index (χ0) is 14.1. The summed E-state index contributed by atoms with van der Waals surface area (Å²) in [7, 11) is 0. The van der Waals surface area contributed by atoms with Gasteiger partial charge in [0.05, 0.1) is 0 Å². The molecule has 0 amide bonds. The minimum Gasteiger partial charge on any atom is -0.339 e. The van der Waals surface area contributed by atoms with Crippen molar-refractivity contribution < 1.29 is 4.52 Å². The molecule has 4 rings (SSSR count). The number of nitrogens with one attached hydrogen (secondary N) is 1. The molecular formula is C16H27ClN4O. The van der Waals surface area contributed by atoms with Gasteiger partial charge < -0.3 is 14.7 Å². The summed E-state index contributed by atoms with van der Waals surface area (Å²) >= 11 is 0. The van der Waals surface area contributed by atoms with Crippen molar-refractivity contribution in [1.29, 1.82) is 0 Å². The van der Waals surface area contributed by atoms with Crippen LogP contribution in [0.15, 0.2) is 4.52 Å². The standard InChI is InChI=1S/C16H26N4O.ClH/c1-2-14(15-18-16(21-19-15)13-3-4-13)11-20(9-1)10-12-5-7-17-8-6-12;/h12-14,17H,1-11H2;1H. The van der Waals surface area contributed by atoms with Gasteiger partial charge in [-0.25, -0.2) is 0 Å². The lowest BCUT2D eigenvalue weighted by molar-refractivity contribution is 0.160. The lowest BCUT2D eigenvalue weighted by Crippen LogP contribution is -2.40. The maximum Gasteiger partial charge on any atom is 0.229 e. The van der Waals surface area contributed by atoms with Crippen LogP contribution in [0, 0.1) is 5.92 Å². The lowest BCUT2D eigenvalue weighted by atomic mass is 9.93. The third-order valence-electron chi connectivity index (χ3n) is 5.23. The van der Waals surface area contributed by atoms with Crippen molar-refractivity contribution in [3.63, 3.8) is 0 Å². The van der Waals surface area contributed by atoms with Crippen LogP contribution >= 0.6 is 12.4 Å². The van der Waals surface area contributed by atoms with Gasteiger partial charge in [-0.15, -0.1) is 12.4 Å². The van der Waals surface area contributed by atoms with Crippen molar-refractivity contribution in [3.8, 4) is 0 Å². The van der Waals surface area contributed by atoms with Crippen molar-refractivity contribution in [2.75, 3.05) is 32.7 Å². The molecule has 2 aliphatic heterocycles. The first-order chi connectivity index (χ1) is 10.4. The molecule has 124 valence electrons. The Morgan fingerprint density at radius 3 is 2.68 bits per heavy atom. The van der Waals surface area contributed by atoms with Crippen molar-refractivity contribution in [3.05, 3.63) is 11.7 Å². The van der Waals surface area contributed by atoms with Crippen molar-refractivity contribution in [1.82, 2.24) is 20.4 Å². The third kappa shape index (κ3) is 3.81. The zero-order valence-electron chi connectivity index (χ0n) is 13.2. The number of halogens is 1. The molecule has 0 aromatic carbocycles. The molecule has 22 heavy (non-hydrogen) atoms. The monoisotopic (exact) mass is 326 g/mol. The summed E-state index contributed by atoms with van der Waals surface area (Å²) in [6, 6.07) is 0. The van der Waals surface area contributed by atoms with E-state index in [0.717, 1.165) is 24.2 Å². The van der Waals surface area contributed by atoms with E-state index in [0.29, 0.717) is 11.8 Å². The molecule has 0 radical (unpaired) electrons. The maximum absolute atomic E-state index is 5.44. The minimum atomic E-state index is 0. The van der Waals surface area contributed by atoms with Crippen molar-refractivity contribution in [2.24, 2.45) is 5.92 Å². The Kier molecular flexibility index (Phi) is 5.37. The minimum absolute atomic E-state index is 0. The summed E-state index contributed by atoms with van der Waals surface area (Å²) in [5.74, 6) is 3.78. The summed E-state index contributed by atoms with van der Waals surface area (Å²) in [5, 5.41) is 7.71. The molecule has 5 nitrogen and oxygen atoms in total. The van der Waals surface area contributed by atoms with Gasteiger partial charge in [0, 0.05) is 24.9 Å². The van der Waals surface area contributed by atoms with Crippen LogP contribution < -0.4 is 5.32 Å². The zero-order valence-corrected chi connectivity index (χ0v) is 14.0. The van der Waals surface area contributed by atoms with Crippen LogP contribution in [0.2, 0.25) is 0 Å². The summed E-state index contributed by atoms with van der Waals surface area (Å²) in [5.41, 5.74) is 0. The number of aromatic nitrogens is 2. The highest BCUT2D eigenvalue weighted by molar-refractivity contribution is 5.85. The van der Waals surface area contributed by atoms with E-state index in [9.17, 15) is 0 Å². The highest BCUT2D eigenvalue weighted by Gasteiger charge is 2.32. The number of hydrogen-bond donors (Lipinski definition) is 1. The second kappa shape index (κ2) is 7.28. The molecular weight excluding hydrogens is 300 g/mol. The van der Waals surface area contributed by atoms with E-state index in [1.54, 1.807) is 0 Å². The fraction of sp³-hybridized carbons (Fsp3) is 0.875. The third-order valence-corrected chi connectivity index (χ3v) is 5.23. The van der Waals surface area contributed by atoms with E-state index in [2.05, 4.69) is 20.4 Å². The molecule has 3 fully saturated rings. The highest BCUT2D eigenvalue weighted by Crippen LogP contribution is 2.39. The largest absolute Gasteiger partial charge is 0.339 e. The molecule has 3 heterocycles. The number of hydrogen-bond acceptors (Lipinski definition) is 5. The molecule has 1 N–H and O–H groups in total. The van der Waals surface area contributed by atoms with E-state index >= 15 is 0 Å². The van der Waals surface area contributed by atoms with Gasteiger partial charge in [-0.2, -0.15) is 4.98 Å². The first kappa shape index (κ1) is 16.2. The second-order valence-electron chi connectivity index (χ2n) is 7.06. The Hall–Kier alpha value is -0.650. The predicted molar refractivity (Wildman–Crippen MR) is 87.5 cm³/mol. The van der Waals surface area contributed by atoms with E-state index < -0.39 is 0 Å². The average Bonchev–Trinajstić information content (AvgIpc) is 3.26. The number of likely N-dealkylation sites (tertiary alicyclic amines) is 1. The normalized spacial score (nSPS) is 27.5. The van der Waals surface area contributed by atoms with E-state index in [4.69, 9.17) is 4.52 Å². The Morgan fingerprint density at radius 1 is 1.09 bits per heavy atom. The van der Waals surface area contributed by atoms with Crippen molar-refractivity contribution in [2.45, 2.75) is 50.4 Å². The molecule has 1 atom stereocenters. The fourth-order valence-corrected chi connectivity index (χ4v) is 3.77. The molecule has 3 aliphatic rings.